The third-order valence-electron chi connectivity index (χ3n) is 4.50. The van der Waals surface area contributed by atoms with Gasteiger partial charge in [-0.25, -0.2) is 4.79 Å². The van der Waals surface area contributed by atoms with E-state index in [1.807, 2.05) is 54.6 Å². The van der Waals surface area contributed by atoms with Crippen molar-refractivity contribution in [3.05, 3.63) is 83.9 Å². The van der Waals surface area contributed by atoms with Gasteiger partial charge in [0.2, 0.25) is 0 Å². The van der Waals surface area contributed by atoms with Crippen molar-refractivity contribution in [1.29, 1.82) is 0 Å². The van der Waals surface area contributed by atoms with Gasteiger partial charge in [-0.05, 0) is 52.4 Å². The molecule has 3 aromatic rings. The van der Waals surface area contributed by atoms with Crippen LogP contribution in [0, 0.1) is 0 Å². The summed E-state index contributed by atoms with van der Waals surface area (Å²) in [6.45, 7) is 4.35. The number of hydrogen-bond acceptors (Lipinski definition) is 2. The summed E-state index contributed by atoms with van der Waals surface area (Å²) in [4.78, 5) is 12.1. The van der Waals surface area contributed by atoms with Crippen molar-refractivity contribution in [2.24, 2.45) is 0 Å². The Morgan fingerprint density at radius 3 is 2.48 bits per heavy atom. The zero-order chi connectivity index (χ0) is 17.6. The van der Waals surface area contributed by atoms with E-state index in [0.717, 1.165) is 22.8 Å². The van der Waals surface area contributed by atoms with Gasteiger partial charge in [0.25, 0.3) is 0 Å². The Kier molecular flexibility index (Phi) is 5.30. The van der Waals surface area contributed by atoms with Crippen molar-refractivity contribution >= 4 is 22.8 Å². The fourth-order valence-electron chi connectivity index (χ4n) is 2.80. The Morgan fingerprint density at radius 1 is 1.00 bits per heavy atom. The lowest BCUT2D eigenvalue weighted by Gasteiger charge is -2.09. The highest BCUT2D eigenvalue weighted by Crippen LogP contribution is 2.22. The molecule has 0 aliphatic heterocycles. The molecule has 2 heteroatoms. The molecule has 25 heavy (non-hydrogen) atoms. The van der Waals surface area contributed by atoms with Crippen LogP contribution in [0.15, 0.2) is 72.8 Å². The molecule has 0 radical (unpaired) electrons. The van der Waals surface area contributed by atoms with Crippen LogP contribution in [0.5, 0.6) is 5.75 Å². The molecule has 0 saturated carbocycles. The van der Waals surface area contributed by atoms with Gasteiger partial charge in [-0.3, -0.25) is 0 Å². The molecule has 0 fully saturated rings. The summed E-state index contributed by atoms with van der Waals surface area (Å²) in [7, 11) is 0. The van der Waals surface area contributed by atoms with Gasteiger partial charge in [0.05, 0.1) is 0 Å². The second-order valence-electron chi connectivity index (χ2n) is 6.20. The minimum absolute atomic E-state index is 0.371. The van der Waals surface area contributed by atoms with Gasteiger partial charge < -0.3 is 4.74 Å². The number of benzene rings is 3. The lowest BCUT2D eigenvalue weighted by molar-refractivity contribution is -0.128. The van der Waals surface area contributed by atoms with Crippen molar-refractivity contribution in [3.63, 3.8) is 0 Å². The molecule has 126 valence electrons. The maximum absolute atomic E-state index is 12.1. The van der Waals surface area contributed by atoms with Crippen molar-refractivity contribution < 1.29 is 9.53 Å². The zero-order valence-corrected chi connectivity index (χ0v) is 14.6. The van der Waals surface area contributed by atoms with E-state index in [4.69, 9.17) is 4.74 Å². The van der Waals surface area contributed by atoms with Crippen LogP contribution >= 0.6 is 0 Å². The molecular weight excluding hydrogens is 308 g/mol. The standard InChI is InChI=1S/C23H22O2/c1-3-17(2)18-11-14-21(15-12-18)25-23(24)16-13-20-9-6-8-19-7-4-5-10-22(19)20/h4-17H,3H2,1-2H3/b16-13+. The monoisotopic (exact) mass is 330 g/mol. The molecule has 0 heterocycles. The molecule has 1 atom stereocenters. The summed E-state index contributed by atoms with van der Waals surface area (Å²) < 4.78 is 5.39. The van der Waals surface area contributed by atoms with Gasteiger partial charge in [0, 0.05) is 6.08 Å². The largest absolute Gasteiger partial charge is 0.423 e. The van der Waals surface area contributed by atoms with Crippen molar-refractivity contribution in [2.45, 2.75) is 26.2 Å². The van der Waals surface area contributed by atoms with Crippen LogP contribution < -0.4 is 4.74 Å². The van der Waals surface area contributed by atoms with E-state index in [0.29, 0.717) is 11.7 Å². The average molecular weight is 330 g/mol. The number of ether oxygens (including phenoxy) is 1. The highest BCUT2D eigenvalue weighted by Gasteiger charge is 2.05. The molecule has 0 amide bonds. The van der Waals surface area contributed by atoms with Crippen LogP contribution in [0.2, 0.25) is 0 Å². The summed E-state index contributed by atoms with van der Waals surface area (Å²) in [5.41, 5.74) is 2.26. The van der Waals surface area contributed by atoms with E-state index in [9.17, 15) is 4.79 Å². The van der Waals surface area contributed by atoms with Crippen molar-refractivity contribution in [2.75, 3.05) is 0 Å². The quantitative estimate of drug-likeness (QED) is 0.327. The van der Waals surface area contributed by atoms with Gasteiger partial charge >= 0.3 is 5.97 Å². The van der Waals surface area contributed by atoms with Crippen molar-refractivity contribution in [1.82, 2.24) is 0 Å². The fourth-order valence-corrected chi connectivity index (χ4v) is 2.80. The van der Waals surface area contributed by atoms with E-state index < -0.39 is 0 Å². The first-order valence-electron chi connectivity index (χ1n) is 8.65. The lowest BCUT2D eigenvalue weighted by atomic mass is 9.99. The number of esters is 1. The minimum atomic E-state index is -0.371. The lowest BCUT2D eigenvalue weighted by Crippen LogP contribution is -2.03. The molecule has 0 saturated heterocycles. The van der Waals surface area contributed by atoms with E-state index in [1.165, 1.54) is 11.6 Å². The van der Waals surface area contributed by atoms with Crippen LogP contribution in [0.1, 0.15) is 37.3 Å². The molecule has 0 aromatic heterocycles. The predicted molar refractivity (Wildman–Crippen MR) is 104 cm³/mol. The van der Waals surface area contributed by atoms with Gasteiger partial charge in [-0.1, -0.05) is 68.4 Å². The zero-order valence-electron chi connectivity index (χ0n) is 14.6. The van der Waals surface area contributed by atoms with E-state index in [-0.39, 0.29) is 5.97 Å². The molecule has 0 bridgehead atoms. The second kappa shape index (κ2) is 7.80. The molecule has 1 unspecified atom stereocenters. The maximum atomic E-state index is 12.1. The summed E-state index contributed by atoms with van der Waals surface area (Å²) in [6.07, 6.45) is 4.37. The molecule has 2 nitrogen and oxygen atoms in total. The third-order valence-corrected chi connectivity index (χ3v) is 4.50. The van der Waals surface area contributed by atoms with Crippen LogP contribution in [0.4, 0.5) is 0 Å². The molecular formula is C23H22O2. The van der Waals surface area contributed by atoms with Gasteiger partial charge in [0.1, 0.15) is 5.75 Å². The third kappa shape index (κ3) is 4.16. The topological polar surface area (TPSA) is 26.3 Å². The van der Waals surface area contributed by atoms with E-state index >= 15 is 0 Å². The highest BCUT2D eigenvalue weighted by atomic mass is 16.5. The Hall–Kier alpha value is -2.87. The molecule has 3 rings (SSSR count). The molecule has 0 spiro atoms. The minimum Gasteiger partial charge on any atom is -0.423 e. The smallest absolute Gasteiger partial charge is 0.336 e. The molecule has 0 N–H and O–H groups in total. The Morgan fingerprint density at radius 2 is 1.72 bits per heavy atom. The summed E-state index contributed by atoms with van der Waals surface area (Å²) in [5.74, 6) is 0.708. The molecule has 0 aliphatic carbocycles. The van der Waals surface area contributed by atoms with Crippen LogP contribution in [-0.4, -0.2) is 5.97 Å². The second-order valence-corrected chi connectivity index (χ2v) is 6.20. The SMILES string of the molecule is CCC(C)c1ccc(OC(=O)/C=C/c2cccc3ccccc23)cc1. The van der Waals surface area contributed by atoms with E-state index in [1.54, 1.807) is 6.08 Å². The molecule has 0 aliphatic rings. The van der Waals surface area contributed by atoms with Crippen molar-refractivity contribution in [3.8, 4) is 5.75 Å². The summed E-state index contributed by atoms with van der Waals surface area (Å²) in [5, 5.41) is 2.27. The van der Waals surface area contributed by atoms with Crippen LogP contribution in [-0.2, 0) is 4.79 Å². The Bertz CT molecular complexity index is 886. The Balaban J connectivity index is 1.70. The van der Waals surface area contributed by atoms with Gasteiger partial charge in [-0.15, -0.1) is 0 Å². The summed E-state index contributed by atoms with van der Waals surface area (Å²) in [6, 6.07) is 21.9. The van der Waals surface area contributed by atoms with Crippen LogP contribution in [0.3, 0.4) is 0 Å². The first-order chi connectivity index (χ1) is 12.2. The molecule has 3 aromatic carbocycles. The number of fused-ring (bicyclic) bond motifs is 1. The summed E-state index contributed by atoms with van der Waals surface area (Å²) >= 11 is 0. The first-order valence-corrected chi connectivity index (χ1v) is 8.65. The number of carbonyl (C=O) groups excluding carboxylic acids is 1. The maximum Gasteiger partial charge on any atom is 0.336 e. The van der Waals surface area contributed by atoms with Gasteiger partial charge in [-0.2, -0.15) is 0 Å². The predicted octanol–water partition coefficient (Wildman–Crippen LogP) is 5.97. The Labute approximate surface area is 148 Å². The normalized spacial score (nSPS) is 12.4. The number of carbonyl (C=O) groups is 1. The van der Waals surface area contributed by atoms with Crippen LogP contribution in [0.25, 0.3) is 16.8 Å². The fraction of sp³-hybridized carbons (Fsp3) is 0.174. The number of rotatable bonds is 5. The van der Waals surface area contributed by atoms with E-state index in [2.05, 4.69) is 26.0 Å². The first kappa shape index (κ1) is 17.0. The highest BCUT2D eigenvalue weighted by molar-refractivity contribution is 5.95. The number of hydrogen-bond donors (Lipinski definition) is 0. The van der Waals surface area contributed by atoms with Gasteiger partial charge in [0.15, 0.2) is 0 Å². The average Bonchev–Trinajstić information content (AvgIpc) is 2.66.